The van der Waals surface area contributed by atoms with Crippen LogP contribution in [0.5, 0.6) is 0 Å². The molecule has 0 heterocycles. The zero-order valence-corrected chi connectivity index (χ0v) is 9.64. The molecule has 0 spiro atoms. The highest BCUT2D eigenvalue weighted by Crippen LogP contribution is 2.03. The molecule has 1 unspecified atom stereocenters. The first-order valence-corrected chi connectivity index (χ1v) is 5.21. The molecular formula is C12H15N3O2. The number of hydrogen-bond acceptors (Lipinski definition) is 4. The van der Waals surface area contributed by atoms with E-state index in [0.29, 0.717) is 12.1 Å². The molecule has 0 aromatic heterocycles. The molecule has 0 aliphatic carbocycles. The third kappa shape index (κ3) is 3.87. The smallest absolute Gasteiger partial charge is 0.250 e. The Hall–Kier alpha value is -1.90. The van der Waals surface area contributed by atoms with Crippen LogP contribution in [0.1, 0.15) is 11.1 Å². The van der Waals surface area contributed by atoms with Gasteiger partial charge in [-0.15, -0.1) is 0 Å². The number of rotatable bonds is 5. The fraction of sp³-hybridized carbons (Fsp3) is 0.333. The van der Waals surface area contributed by atoms with Crippen molar-refractivity contribution in [2.24, 2.45) is 5.73 Å². The summed E-state index contributed by atoms with van der Waals surface area (Å²) in [6.07, 6.45) is -0.617. The monoisotopic (exact) mass is 233 g/mol. The Balaban J connectivity index is 2.50. The van der Waals surface area contributed by atoms with Gasteiger partial charge in [-0.2, -0.15) is 5.26 Å². The van der Waals surface area contributed by atoms with Crippen LogP contribution in [0.2, 0.25) is 0 Å². The van der Waals surface area contributed by atoms with Crippen molar-refractivity contribution in [3.63, 3.8) is 0 Å². The van der Waals surface area contributed by atoms with Crippen molar-refractivity contribution in [1.82, 2.24) is 5.32 Å². The van der Waals surface area contributed by atoms with Crippen LogP contribution in [0.25, 0.3) is 0 Å². The molecule has 0 aliphatic rings. The molecule has 0 radical (unpaired) electrons. The number of amides is 1. The zero-order chi connectivity index (χ0) is 12.7. The normalized spacial score (nSPS) is 11.6. The lowest BCUT2D eigenvalue weighted by atomic mass is 10.1. The third-order valence-corrected chi connectivity index (χ3v) is 2.34. The summed E-state index contributed by atoms with van der Waals surface area (Å²) >= 11 is 0. The molecule has 1 aromatic rings. The Bertz CT molecular complexity index is 405. The van der Waals surface area contributed by atoms with Crippen LogP contribution >= 0.6 is 0 Å². The number of nitrogens with two attached hydrogens (primary N) is 1. The lowest BCUT2D eigenvalue weighted by Crippen LogP contribution is -2.40. The summed E-state index contributed by atoms with van der Waals surface area (Å²) < 4.78 is 4.91. The molecule has 0 fully saturated rings. The summed E-state index contributed by atoms with van der Waals surface area (Å²) in [6, 6.07) is 9.03. The summed E-state index contributed by atoms with van der Waals surface area (Å²) in [7, 11) is 1.44. The number of benzene rings is 1. The van der Waals surface area contributed by atoms with Crippen molar-refractivity contribution in [2.45, 2.75) is 12.6 Å². The van der Waals surface area contributed by atoms with E-state index in [9.17, 15) is 4.79 Å². The van der Waals surface area contributed by atoms with Gasteiger partial charge in [0.25, 0.3) is 5.91 Å². The molecule has 1 aromatic carbocycles. The fourth-order valence-electron chi connectivity index (χ4n) is 1.31. The van der Waals surface area contributed by atoms with E-state index in [0.717, 1.165) is 5.56 Å². The predicted octanol–water partition coefficient (Wildman–Crippen LogP) is 0.148. The van der Waals surface area contributed by atoms with Gasteiger partial charge in [0.2, 0.25) is 0 Å². The highest BCUT2D eigenvalue weighted by atomic mass is 16.5. The summed E-state index contributed by atoms with van der Waals surface area (Å²) in [5.41, 5.74) is 6.88. The van der Waals surface area contributed by atoms with Gasteiger partial charge < -0.3 is 15.8 Å². The van der Waals surface area contributed by atoms with E-state index >= 15 is 0 Å². The van der Waals surface area contributed by atoms with Gasteiger partial charge >= 0.3 is 0 Å². The minimum absolute atomic E-state index is 0.149. The second-order valence-electron chi connectivity index (χ2n) is 3.49. The molecule has 0 saturated carbocycles. The van der Waals surface area contributed by atoms with E-state index in [2.05, 4.69) is 5.32 Å². The number of nitrogens with one attached hydrogen (secondary N) is 1. The predicted molar refractivity (Wildman–Crippen MR) is 62.9 cm³/mol. The maximum Gasteiger partial charge on any atom is 0.250 e. The van der Waals surface area contributed by atoms with Crippen molar-refractivity contribution in [2.75, 3.05) is 13.7 Å². The molecule has 1 amide bonds. The van der Waals surface area contributed by atoms with Gasteiger partial charge in [-0.1, -0.05) is 12.1 Å². The van der Waals surface area contributed by atoms with E-state index < -0.39 is 6.10 Å². The first kappa shape index (κ1) is 13.2. The summed E-state index contributed by atoms with van der Waals surface area (Å²) in [5, 5.41) is 11.3. The highest BCUT2D eigenvalue weighted by molar-refractivity contribution is 5.80. The summed E-state index contributed by atoms with van der Waals surface area (Å²) in [6.45, 7) is 0.542. The Kier molecular flexibility index (Phi) is 5.14. The maximum absolute atomic E-state index is 11.5. The summed E-state index contributed by atoms with van der Waals surface area (Å²) in [4.78, 5) is 11.5. The molecule has 1 rings (SSSR count). The molecule has 1 atom stereocenters. The van der Waals surface area contributed by atoms with Crippen LogP contribution in [0.15, 0.2) is 24.3 Å². The molecule has 3 N–H and O–H groups in total. The SMILES string of the molecule is COC(CN)C(=O)NCc1ccc(C#N)cc1. The van der Waals surface area contributed by atoms with Gasteiger partial charge in [-0.25, -0.2) is 0 Å². The Morgan fingerprint density at radius 1 is 1.53 bits per heavy atom. The van der Waals surface area contributed by atoms with Crippen molar-refractivity contribution in [3.8, 4) is 6.07 Å². The van der Waals surface area contributed by atoms with E-state index in [1.54, 1.807) is 24.3 Å². The second-order valence-corrected chi connectivity index (χ2v) is 3.49. The topological polar surface area (TPSA) is 88.1 Å². The van der Waals surface area contributed by atoms with Crippen LogP contribution in [0, 0.1) is 11.3 Å². The van der Waals surface area contributed by atoms with Crippen LogP contribution in [0.3, 0.4) is 0 Å². The lowest BCUT2D eigenvalue weighted by molar-refractivity contribution is -0.130. The standard InChI is InChI=1S/C12H15N3O2/c1-17-11(7-14)12(16)15-8-10-4-2-9(6-13)3-5-10/h2-5,11H,7-8,14H2,1H3,(H,15,16). The zero-order valence-electron chi connectivity index (χ0n) is 9.64. The van der Waals surface area contributed by atoms with Crippen LogP contribution in [0.4, 0.5) is 0 Å². The fourth-order valence-corrected chi connectivity index (χ4v) is 1.31. The minimum atomic E-state index is -0.617. The molecule has 0 bridgehead atoms. The quantitative estimate of drug-likeness (QED) is 0.757. The first-order valence-electron chi connectivity index (χ1n) is 5.21. The van der Waals surface area contributed by atoms with Crippen molar-refractivity contribution < 1.29 is 9.53 Å². The maximum atomic E-state index is 11.5. The molecule has 0 saturated heterocycles. The average Bonchev–Trinajstić information content (AvgIpc) is 2.38. The van der Waals surface area contributed by atoms with Crippen LogP contribution in [-0.4, -0.2) is 25.7 Å². The van der Waals surface area contributed by atoms with Crippen molar-refractivity contribution >= 4 is 5.91 Å². The van der Waals surface area contributed by atoms with E-state index in [4.69, 9.17) is 15.7 Å². The second kappa shape index (κ2) is 6.63. The van der Waals surface area contributed by atoms with Gasteiger partial charge in [0, 0.05) is 20.2 Å². The molecule has 5 nitrogen and oxygen atoms in total. The number of carbonyl (C=O) groups is 1. The van der Waals surface area contributed by atoms with Crippen LogP contribution in [-0.2, 0) is 16.1 Å². The molecule has 0 aliphatic heterocycles. The highest BCUT2D eigenvalue weighted by Gasteiger charge is 2.14. The van der Waals surface area contributed by atoms with Gasteiger partial charge in [0.05, 0.1) is 11.6 Å². The lowest BCUT2D eigenvalue weighted by Gasteiger charge is -2.12. The van der Waals surface area contributed by atoms with E-state index in [-0.39, 0.29) is 12.5 Å². The summed E-state index contributed by atoms with van der Waals surface area (Å²) in [5.74, 6) is -0.237. The molecular weight excluding hydrogens is 218 g/mol. The van der Waals surface area contributed by atoms with Crippen molar-refractivity contribution in [1.29, 1.82) is 5.26 Å². The average molecular weight is 233 g/mol. The third-order valence-electron chi connectivity index (χ3n) is 2.34. The molecule has 5 heteroatoms. The van der Waals surface area contributed by atoms with Crippen LogP contribution < -0.4 is 11.1 Å². The van der Waals surface area contributed by atoms with Gasteiger partial charge in [0.1, 0.15) is 6.10 Å². The van der Waals surface area contributed by atoms with Gasteiger partial charge in [-0.3, -0.25) is 4.79 Å². The number of ether oxygens (including phenoxy) is 1. The van der Waals surface area contributed by atoms with Gasteiger partial charge in [0.15, 0.2) is 0 Å². The molecule has 17 heavy (non-hydrogen) atoms. The number of nitriles is 1. The number of methoxy groups -OCH3 is 1. The Morgan fingerprint density at radius 2 is 2.18 bits per heavy atom. The Morgan fingerprint density at radius 3 is 2.65 bits per heavy atom. The molecule has 90 valence electrons. The van der Waals surface area contributed by atoms with Gasteiger partial charge in [-0.05, 0) is 17.7 Å². The number of carbonyl (C=O) groups excluding carboxylic acids is 1. The van der Waals surface area contributed by atoms with E-state index in [1.165, 1.54) is 7.11 Å². The first-order chi connectivity index (χ1) is 8.21. The minimum Gasteiger partial charge on any atom is -0.370 e. The number of nitrogens with zero attached hydrogens (tertiary/aromatic N) is 1. The Labute approximate surface area is 100 Å². The number of hydrogen-bond donors (Lipinski definition) is 2. The van der Waals surface area contributed by atoms with Crippen molar-refractivity contribution in [3.05, 3.63) is 35.4 Å². The van der Waals surface area contributed by atoms with E-state index in [1.807, 2.05) is 6.07 Å². The largest absolute Gasteiger partial charge is 0.370 e.